The quantitative estimate of drug-likeness (QED) is 0.761. The van der Waals surface area contributed by atoms with Gasteiger partial charge in [0.25, 0.3) is 0 Å². The van der Waals surface area contributed by atoms with Gasteiger partial charge < -0.3 is 9.64 Å². The number of hydrogen-bond donors (Lipinski definition) is 0. The molecule has 0 aliphatic carbocycles. The number of ether oxygens (including phenoxy) is 1. The van der Waals surface area contributed by atoms with Crippen LogP contribution in [0.4, 0.5) is 5.95 Å². The van der Waals surface area contributed by atoms with E-state index in [9.17, 15) is 4.79 Å². The van der Waals surface area contributed by atoms with Crippen LogP contribution >= 0.6 is 23.2 Å². The Bertz CT molecular complexity index is 368. The number of hydrogen-bond acceptors (Lipinski definition) is 6. The van der Waals surface area contributed by atoms with Gasteiger partial charge in [0.1, 0.15) is 6.54 Å². The molecule has 0 saturated heterocycles. The Kier molecular flexibility index (Phi) is 4.70. The average molecular weight is 265 g/mol. The summed E-state index contributed by atoms with van der Waals surface area (Å²) in [7, 11) is 1.62. The van der Waals surface area contributed by atoms with Gasteiger partial charge >= 0.3 is 5.97 Å². The van der Waals surface area contributed by atoms with Crippen LogP contribution in [-0.4, -0.2) is 41.1 Å². The van der Waals surface area contributed by atoms with Crippen LogP contribution in [0.2, 0.25) is 10.6 Å². The molecule has 0 fully saturated rings. The molecular formula is C8H10Cl2N4O2. The normalized spacial score (nSPS) is 10.0. The molecule has 16 heavy (non-hydrogen) atoms. The van der Waals surface area contributed by atoms with Gasteiger partial charge in [-0.15, -0.1) is 0 Å². The molecule has 6 nitrogen and oxygen atoms in total. The van der Waals surface area contributed by atoms with Gasteiger partial charge in [-0.25, -0.2) is 0 Å². The van der Waals surface area contributed by atoms with E-state index in [-0.39, 0.29) is 29.0 Å². The van der Waals surface area contributed by atoms with Crippen molar-refractivity contribution in [2.75, 3.05) is 25.1 Å². The van der Waals surface area contributed by atoms with Crippen LogP contribution in [0, 0.1) is 0 Å². The topological polar surface area (TPSA) is 68.2 Å². The van der Waals surface area contributed by atoms with E-state index >= 15 is 0 Å². The fraction of sp³-hybridized carbons (Fsp3) is 0.500. The molecule has 1 rings (SSSR count). The summed E-state index contributed by atoms with van der Waals surface area (Å²) in [5, 5.41) is -0.0450. The van der Waals surface area contributed by atoms with Gasteiger partial charge in [-0.2, -0.15) is 15.0 Å². The van der Waals surface area contributed by atoms with E-state index in [0.29, 0.717) is 6.61 Å². The van der Waals surface area contributed by atoms with Gasteiger partial charge in [0.2, 0.25) is 16.5 Å². The van der Waals surface area contributed by atoms with Gasteiger partial charge in [0, 0.05) is 7.05 Å². The molecule has 0 amide bonds. The third-order valence-corrected chi connectivity index (χ3v) is 1.92. The first-order valence-corrected chi connectivity index (χ1v) is 5.22. The first-order chi connectivity index (χ1) is 7.52. The van der Waals surface area contributed by atoms with Crippen molar-refractivity contribution in [2.24, 2.45) is 0 Å². The molecule has 1 heterocycles. The summed E-state index contributed by atoms with van der Waals surface area (Å²) < 4.78 is 4.78. The lowest BCUT2D eigenvalue weighted by molar-refractivity contribution is -0.141. The van der Waals surface area contributed by atoms with Gasteiger partial charge in [-0.1, -0.05) is 0 Å². The number of likely N-dealkylation sites (N-methyl/N-ethyl adjacent to an activating group) is 1. The van der Waals surface area contributed by atoms with Crippen LogP contribution in [-0.2, 0) is 9.53 Å². The van der Waals surface area contributed by atoms with Gasteiger partial charge in [0.15, 0.2) is 0 Å². The standard InChI is InChI=1S/C8H10Cl2N4O2/c1-3-16-5(15)4-14(2)8-12-6(9)11-7(10)13-8/h3-4H2,1-2H3. The van der Waals surface area contributed by atoms with Gasteiger partial charge in [0.05, 0.1) is 6.61 Å². The van der Waals surface area contributed by atoms with Crippen molar-refractivity contribution in [3.05, 3.63) is 10.6 Å². The smallest absolute Gasteiger partial charge is 0.325 e. The molecule has 0 radical (unpaired) electrons. The van der Waals surface area contributed by atoms with Crippen LogP contribution in [0.25, 0.3) is 0 Å². The first-order valence-electron chi connectivity index (χ1n) is 4.46. The summed E-state index contributed by atoms with van der Waals surface area (Å²) in [6.07, 6.45) is 0. The number of carbonyl (C=O) groups is 1. The minimum Gasteiger partial charge on any atom is -0.465 e. The number of aromatic nitrogens is 3. The fourth-order valence-corrected chi connectivity index (χ4v) is 1.31. The van der Waals surface area contributed by atoms with Crippen LogP contribution in [0.5, 0.6) is 0 Å². The van der Waals surface area contributed by atoms with Crippen molar-refractivity contribution >= 4 is 35.1 Å². The number of anilines is 1. The summed E-state index contributed by atoms with van der Waals surface area (Å²) in [4.78, 5) is 23.9. The average Bonchev–Trinajstić information content (AvgIpc) is 2.16. The molecule has 0 aliphatic heterocycles. The zero-order chi connectivity index (χ0) is 12.1. The second kappa shape index (κ2) is 5.81. The summed E-state index contributed by atoms with van der Waals surface area (Å²) in [5.74, 6) is -0.157. The summed E-state index contributed by atoms with van der Waals surface area (Å²) in [5.41, 5.74) is 0. The zero-order valence-corrected chi connectivity index (χ0v) is 10.3. The van der Waals surface area contributed by atoms with Crippen molar-refractivity contribution in [1.82, 2.24) is 15.0 Å². The Balaban J connectivity index is 2.72. The zero-order valence-electron chi connectivity index (χ0n) is 8.78. The number of halogens is 2. The van der Waals surface area contributed by atoms with Crippen molar-refractivity contribution in [3.63, 3.8) is 0 Å². The van der Waals surface area contributed by atoms with E-state index in [2.05, 4.69) is 15.0 Å². The van der Waals surface area contributed by atoms with Crippen molar-refractivity contribution < 1.29 is 9.53 Å². The SMILES string of the molecule is CCOC(=O)CN(C)c1nc(Cl)nc(Cl)n1. The lowest BCUT2D eigenvalue weighted by Gasteiger charge is -2.15. The first kappa shape index (κ1) is 12.9. The second-order valence-electron chi connectivity index (χ2n) is 2.83. The summed E-state index contributed by atoms with van der Waals surface area (Å²) in [6.45, 7) is 2.07. The molecule has 0 aromatic carbocycles. The molecule has 1 aromatic rings. The highest BCUT2D eigenvalue weighted by atomic mass is 35.5. The van der Waals surface area contributed by atoms with E-state index in [1.54, 1.807) is 14.0 Å². The predicted molar refractivity (Wildman–Crippen MR) is 59.8 cm³/mol. The lowest BCUT2D eigenvalue weighted by Crippen LogP contribution is -2.28. The van der Waals surface area contributed by atoms with Crippen LogP contribution in [0.1, 0.15) is 6.92 Å². The Morgan fingerprint density at radius 3 is 2.38 bits per heavy atom. The van der Waals surface area contributed by atoms with Crippen molar-refractivity contribution in [1.29, 1.82) is 0 Å². The number of rotatable bonds is 4. The van der Waals surface area contributed by atoms with E-state index in [4.69, 9.17) is 27.9 Å². The molecule has 88 valence electrons. The van der Waals surface area contributed by atoms with Crippen molar-refractivity contribution in [2.45, 2.75) is 6.92 Å². The minimum absolute atomic E-state index is 0.0184. The van der Waals surface area contributed by atoms with Crippen LogP contribution < -0.4 is 4.90 Å². The molecule has 8 heteroatoms. The largest absolute Gasteiger partial charge is 0.465 e. The van der Waals surface area contributed by atoms with E-state index < -0.39 is 0 Å². The fourth-order valence-electron chi connectivity index (χ4n) is 0.958. The number of esters is 1. The monoisotopic (exact) mass is 264 g/mol. The third kappa shape index (κ3) is 3.79. The highest BCUT2D eigenvalue weighted by molar-refractivity contribution is 6.31. The molecule has 0 aliphatic rings. The molecule has 0 saturated carbocycles. The maximum Gasteiger partial charge on any atom is 0.325 e. The lowest BCUT2D eigenvalue weighted by atomic mass is 10.6. The molecule has 0 unspecified atom stereocenters. The molecule has 1 aromatic heterocycles. The highest BCUT2D eigenvalue weighted by Gasteiger charge is 2.12. The second-order valence-corrected chi connectivity index (χ2v) is 3.51. The van der Waals surface area contributed by atoms with E-state index in [1.165, 1.54) is 4.90 Å². The Morgan fingerprint density at radius 2 is 1.88 bits per heavy atom. The van der Waals surface area contributed by atoms with Crippen LogP contribution in [0.15, 0.2) is 0 Å². The Hall–Kier alpha value is -1.14. The van der Waals surface area contributed by atoms with Gasteiger partial charge in [-0.05, 0) is 30.1 Å². The highest BCUT2D eigenvalue weighted by Crippen LogP contribution is 2.12. The number of nitrogens with zero attached hydrogens (tertiary/aromatic N) is 4. The van der Waals surface area contributed by atoms with Crippen molar-refractivity contribution in [3.8, 4) is 0 Å². The molecular weight excluding hydrogens is 255 g/mol. The predicted octanol–water partition coefficient (Wildman–Crippen LogP) is 1.18. The number of carbonyl (C=O) groups excluding carboxylic acids is 1. The Labute approximate surface area is 103 Å². The molecule has 0 N–H and O–H groups in total. The summed E-state index contributed by atoms with van der Waals surface area (Å²) in [6, 6.07) is 0. The van der Waals surface area contributed by atoms with E-state index in [0.717, 1.165) is 0 Å². The molecule has 0 atom stereocenters. The maximum absolute atomic E-state index is 11.2. The summed E-state index contributed by atoms with van der Waals surface area (Å²) >= 11 is 11.2. The molecule has 0 bridgehead atoms. The van der Waals surface area contributed by atoms with E-state index in [1.807, 2.05) is 0 Å². The van der Waals surface area contributed by atoms with Crippen LogP contribution in [0.3, 0.4) is 0 Å². The maximum atomic E-state index is 11.2. The molecule has 0 spiro atoms. The minimum atomic E-state index is -0.377. The third-order valence-electron chi connectivity index (χ3n) is 1.58. The Morgan fingerprint density at radius 1 is 1.31 bits per heavy atom. The van der Waals surface area contributed by atoms with Gasteiger partial charge in [-0.3, -0.25) is 4.79 Å².